The average Bonchev–Trinajstić information content (AvgIpc) is 3.94. The molecule has 0 aromatic carbocycles. The maximum absolute atomic E-state index is 11.3. The van der Waals surface area contributed by atoms with E-state index < -0.39 is 24.5 Å². The topological polar surface area (TPSA) is 137 Å². The molecule has 42 heavy (non-hydrogen) atoms. The minimum Gasteiger partial charge on any atom is -0.432 e. The summed E-state index contributed by atoms with van der Waals surface area (Å²) in [7, 11) is 0. The quantitative estimate of drug-likeness (QED) is 0.116. The van der Waals surface area contributed by atoms with Crippen LogP contribution in [0.2, 0.25) is 0 Å². The molecule has 10 heteroatoms. The van der Waals surface area contributed by atoms with Gasteiger partial charge in [0, 0.05) is 0 Å². The lowest BCUT2D eigenvalue weighted by Crippen LogP contribution is -2.25. The molecule has 5 unspecified atom stereocenters. The number of carbonyl (C=O) groups excluding carboxylic acids is 2. The third-order valence-corrected chi connectivity index (χ3v) is 6.72. The largest absolute Gasteiger partial charge is 0.508 e. The Morgan fingerprint density at radius 2 is 1.26 bits per heavy atom. The van der Waals surface area contributed by atoms with Crippen molar-refractivity contribution >= 4 is 12.3 Å². The van der Waals surface area contributed by atoms with Gasteiger partial charge in [0.05, 0.1) is 38.1 Å². The van der Waals surface area contributed by atoms with Crippen molar-refractivity contribution in [1.29, 1.82) is 0 Å². The molecular weight excluding hydrogens is 544 g/mol. The van der Waals surface area contributed by atoms with E-state index in [2.05, 4.69) is 25.5 Å². The van der Waals surface area contributed by atoms with Crippen molar-refractivity contribution < 1.29 is 48.2 Å². The summed E-state index contributed by atoms with van der Waals surface area (Å²) < 4.78 is 29.1. The third-order valence-electron chi connectivity index (χ3n) is 6.72. The highest BCUT2D eigenvalue weighted by atomic mass is 16.8. The Hall–Kier alpha value is -1.62. The number of aliphatic hydroxyl groups excluding tert-OH is 2. The zero-order chi connectivity index (χ0) is 31.4. The predicted molar refractivity (Wildman–Crippen MR) is 163 cm³/mol. The van der Waals surface area contributed by atoms with Crippen LogP contribution in [0.4, 0.5) is 9.59 Å². The summed E-state index contributed by atoms with van der Waals surface area (Å²) in [5.74, 6) is 0. The molecule has 0 amide bonds. The van der Waals surface area contributed by atoms with Crippen LogP contribution in [-0.2, 0) is 28.4 Å². The number of aliphatic hydroxyl groups is 2. The summed E-state index contributed by atoms with van der Waals surface area (Å²) in [6.45, 7) is 12.8. The first-order valence-electron chi connectivity index (χ1n) is 16.5. The minimum atomic E-state index is -0.819. The first kappa shape index (κ1) is 40.4. The normalized spacial score (nSPS) is 21.0. The molecule has 10 nitrogen and oxygen atoms in total. The van der Waals surface area contributed by atoms with Gasteiger partial charge >= 0.3 is 12.3 Å². The van der Waals surface area contributed by atoms with Crippen LogP contribution in [0.15, 0.2) is 0 Å². The van der Waals surface area contributed by atoms with Crippen LogP contribution in [0.1, 0.15) is 131 Å². The molecule has 2 N–H and O–H groups in total. The highest BCUT2D eigenvalue weighted by Gasteiger charge is 2.24. The summed E-state index contributed by atoms with van der Waals surface area (Å²) in [6.07, 6.45) is 14.9. The van der Waals surface area contributed by atoms with Gasteiger partial charge in [-0.05, 0) is 44.9 Å². The number of cyclic esters (lactones) is 2. The second-order valence-electron chi connectivity index (χ2n) is 11.1. The molecule has 3 heterocycles. The minimum absolute atomic E-state index is 0.0208. The molecule has 3 aliphatic heterocycles. The van der Waals surface area contributed by atoms with Gasteiger partial charge in [-0.3, -0.25) is 0 Å². The van der Waals surface area contributed by atoms with Gasteiger partial charge in [0.25, 0.3) is 0 Å². The van der Waals surface area contributed by atoms with Gasteiger partial charge < -0.3 is 38.6 Å². The lowest BCUT2D eigenvalue weighted by atomic mass is 10.2. The molecule has 0 aromatic heterocycles. The number of epoxide rings is 2. The van der Waals surface area contributed by atoms with Crippen molar-refractivity contribution in [3.63, 3.8) is 0 Å². The summed E-state index contributed by atoms with van der Waals surface area (Å²) in [5.41, 5.74) is 0. The standard InChI is InChI=1S/C13H26O5.C7H12O3.2C6H12O/c1-3-5-7-11(15)10-17-13(16)18-12(9-14)8-6-4-2;1-2-3-4-6-5-9-7(8)10-6;2*1-2-3-4-6-5-7-6/h11-12,14-15H,3-10H2,1-2H3;6H,2-5H2,1H3;2*6H,2-5H2,1H3. The second-order valence-corrected chi connectivity index (χ2v) is 11.1. The summed E-state index contributed by atoms with van der Waals surface area (Å²) in [5, 5.41) is 18.5. The molecule has 0 radical (unpaired) electrons. The number of unbranched alkanes of at least 4 members (excludes halogenated alkanes) is 5. The fourth-order valence-electron chi connectivity index (χ4n) is 3.75. The lowest BCUT2D eigenvalue weighted by Gasteiger charge is -2.16. The van der Waals surface area contributed by atoms with Crippen LogP contribution in [0, 0.1) is 0 Å². The first-order chi connectivity index (χ1) is 20.3. The SMILES string of the molecule is CCCCC(O)COC(=O)OC(CO)CCCC.CCCCC1CO1.CCCCC1CO1.CCCCC1COC(=O)O1. The van der Waals surface area contributed by atoms with Gasteiger partial charge in [-0.2, -0.15) is 0 Å². The summed E-state index contributed by atoms with van der Waals surface area (Å²) in [4.78, 5) is 21.7. The molecule has 3 fully saturated rings. The monoisotopic (exact) mass is 606 g/mol. The average molecular weight is 607 g/mol. The third kappa shape index (κ3) is 27.2. The molecule has 0 aliphatic carbocycles. The van der Waals surface area contributed by atoms with Crippen LogP contribution < -0.4 is 0 Å². The highest BCUT2D eigenvalue weighted by molar-refractivity contribution is 5.61. The van der Waals surface area contributed by atoms with Crippen molar-refractivity contribution in [2.24, 2.45) is 0 Å². The maximum atomic E-state index is 11.3. The van der Waals surface area contributed by atoms with E-state index in [1.165, 1.54) is 38.5 Å². The zero-order valence-corrected chi connectivity index (χ0v) is 27.2. The highest BCUT2D eigenvalue weighted by Crippen LogP contribution is 2.16. The predicted octanol–water partition coefficient (Wildman–Crippen LogP) is 7.10. The number of ether oxygens (including phenoxy) is 6. The molecular formula is C32H62O10. The molecule has 0 bridgehead atoms. The summed E-state index contributed by atoms with van der Waals surface area (Å²) >= 11 is 0. The number of rotatable bonds is 19. The van der Waals surface area contributed by atoms with E-state index in [0.717, 1.165) is 58.2 Å². The van der Waals surface area contributed by atoms with Gasteiger partial charge in [0.2, 0.25) is 0 Å². The van der Waals surface area contributed by atoms with Crippen molar-refractivity contribution in [2.75, 3.05) is 33.0 Å². The molecule has 0 aromatic rings. The first-order valence-corrected chi connectivity index (χ1v) is 16.5. The molecule has 3 rings (SSSR count). The van der Waals surface area contributed by atoms with Crippen LogP contribution in [-0.4, -0.2) is 86.1 Å². The van der Waals surface area contributed by atoms with Gasteiger partial charge in [0.1, 0.15) is 25.4 Å². The van der Waals surface area contributed by atoms with E-state index in [-0.39, 0.29) is 19.3 Å². The Morgan fingerprint density at radius 1 is 0.786 bits per heavy atom. The van der Waals surface area contributed by atoms with Crippen LogP contribution in [0.25, 0.3) is 0 Å². The fraction of sp³-hybridized carbons (Fsp3) is 0.938. The second kappa shape index (κ2) is 28.2. The van der Waals surface area contributed by atoms with E-state index in [4.69, 9.17) is 28.8 Å². The Labute approximate surface area is 255 Å². The fourth-order valence-corrected chi connectivity index (χ4v) is 3.75. The molecule has 250 valence electrons. The maximum Gasteiger partial charge on any atom is 0.508 e. The van der Waals surface area contributed by atoms with Gasteiger partial charge in [-0.15, -0.1) is 0 Å². The molecule has 3 saturated heterocycles. The van der Waals surface area contributed by atoms with Crippen molar-refractivity contribution in [2.45, 2.75) is 161 Å². The van der Waals surface area contributed by atoms with E-state index in [0.29, 0.717) is 31.7 Å². The molecule has 0 spiro atoms. The van der Waals surface area contributed by atoms with Crippen LogP contribution in [0.3, 0.4) is 0 Å². The Morgan fingerprint density at radius 3 is 1.67 bits per heavy atom. The van der Waals surface area contributed by atoms with Crippen molar-refractivity contribution in [3.8, 4) is 0 Å². The Bertz CT molecular complexity index is 608. The number of hydrogen-bond acceptors (Lipinski definition) is 10. The Balaban J connectivity index is 0.000000583. The van der Waals surface area contributed by atoms with E-state index in [1.807, 2.05) is 13.8 Å². The summed E-state index contributed by atoms with van der Waals surface area (Å²) in [6, 6.07) is 0. The molecule has 3 aliphatic rings. The number of carbonyl (C=O) groups is 2. The zero-order valence-electron chi connectivity index (χ0n) is 27.2. The molecule has 5 atom stereocenters. The van der Waals surface area contributed by atoms with Crippen molar-refractivity contribution in [3.05, 3.63) is 0 Å². The van der Waals surface area contributed by atoms with E-state index >= 15 is 0 Å². The van der Waals surface area contributed by atoms with Gasteiger partial charge in [-0.1, -0.05) is 86.0 Å². The lowest BCUT2D eigenvalue weighted by molar-refractivity contribution is -0.0196. The number of hydrogen-bond donors (Lipinski definition) is 2. The Kier molecular flexibility index (Phi) is 27.1. The van der Waals surface area contributed by atoms with E-state index in [9.17, 15) is 14.7 Å². The van der Waals surface area contributed by atoms with Crippen LogP contribution >= 0.6 is 0 Å². The van der Waals surface area contributed by atoms with Gasteiger partial charge in [-0.25, -0.2) is 9.59 Å². The van der Waals surface area contributed by atoms with Crippen LogP contribution in [0.5, 0.6) is 0 Å². The smallest absolute Gasteiger partial charge is 0.432 e. The van der Waals surface area contributed by atoms with Gasteiger partial charge in [0.15, 0.2) is 0 Å². The molecule has 0 saturated carbocycles. The van der Waals surface area contributed by atoms with E-state index in [1.54, 1.807) is 0 Å². The van der Waals surface area contributed by atoms with Crippen molar-refractivity contribution in [1.82, 2.24) is 0 Å².